The van der Waals surface area contributed by atoms with E-state index in [9.17, 15) is 0 Å². The summed E-state index contributed by atoms with van der Waals surface area (Å²) in [6.07, 6.45) is 0. The fourth-order valence-corrected chi connectivity index (χ4v) is 1.59. The highest BCUT2D eigenvalue weighted by molar-refractivity contribution is 9.10. The summed E-state index contributed by atoms with van der Waals surface area (Å²) in [4.78, 5) is 3.94. The Morgan fingerprint density at radius 3 is 2.87 bits per heavy atom. The highest BCUT2D eigenvalue weighted by atomic mass is 79.9. The molecule has 78 valence electrons. The van der Waals surface area contributed by atoms with E-state index >= 15 is 0 Å². The van der Waals surface area contributed by atoms with Gasteiger partial charge >= 0.3 is 0 Å². The predicted octanol–water partition coefficient (Wildman–Crippen LogP) is 1.76. The SMILES string of the molecule is Nc1nc(NCc2ccccc2Br)n[nH]1. The molecule has 0 aliphatic rings. The lowest BCUT2D eigenvalue weighted by molar-refractivity contribution is 1.04. The van der Waals surface area contributed by atoms with Crippen LogP contribution in [0.4, 0.5) is 11.9 Å². The molecule has 0 fully saturated rings. The van der Waals surface area contributed by atoms with Crippen LogP contribution in [0.2, 0.25) is 0 Å². The first-order chi connectivity index (χ1) is 7.25. The number of nitrogens with zero attached hydrogens (tertiary/aromatic N) is 2. The Kier molecular flexibility index (Phi) is 2.86. The van der Waals surface area contributed by atoms with Crippen molar-refractivity contribution in [1.29, 1.82) is 0 Å². The van der Waals surface area contributed by atoms with Crippen LogP contribution in [-0.4, -0.2) is 15.2 Å². The summed E-state index contributed by atoms with van der Waals surface area (Å²) in [5.74, 6) is 0.813. The zero-order valence-electron chi connectivity index (χ0n) is 7.87. The molecule has 0 aliphatic carbocycles. The molecule has 4 N–H and O–H groups in total. The topological polar surface area (TPSA) is 79.6 Å². The van der Waals surface area contributed by atoms with E-state index in [1.165, 1.54) is 0 Å². The fraction of sp³-hybridized carbons (Fsp3) is 0.111. The first-order valence-electron chi connectivity index (χ1n) is 4.41. The minimum Gasteiger partial charge on any atom is -0.368 e. The van der Waals surface area contributed by atoms with Gasteiger partial charge in [0.05, 0.1) is 0 Å². The van der Waals surface area contributed by atoms with Crippen LogP contribution >= 0.6 is 15.9 Å². The number of hydrogen-bond donors (Lipinski definition) is 3. The molecule has 0 amide bonds. The zero-order valence-corrected chi connectivity index (χ0v) is 9.45. The van der Waals surface area contributed by atoms with E-state index in [4.69, 9.17) is 5.73 Å². The van der Waals surface area contributed by atoms with Gasteiger partial charge < -0.3 is 11.1 Å². The Hall–Kier alpha value is -1.56. The molecular formula is C9H10BrN5. The van der Waals surface area contributed by atoms with Crippen molar-refractivity contribution in [3.63, 3.8) is 0 Å². The number of rotatable bonds is 3. The average molecular weight is 268 g/mol. The van der Waals surface area contributed by atoms with Gasteiger partial charge in [-0.3, -0.25) is 0 Å². The van der Waals surface area contributed by atoms with Gasteiger partial charge in [-0.1, -0.05) is 34.1 Å². The largest absolute Gasteiger partial charge is 0.368 e. The van der Waals surface area contributed by atoms with E-state index in [0.29, 0.717) is 18.4 Å². The van der Waals surface area contributed by atoms with Crippen LogP contribution in [0.25, 0.3) is 0 Å². The maximum Gasteiger partial charge on any atom is 0.243 e. The maximum atomic E-state index is 5.40. The van der Waals surface area contributed by atoms with Crippen LogP contribution < -0.4 is 11.1 Å². The Morgan fingerprint density at radius 1 is 1.40 bits per heavy atom. The van der Waals surface area contributed by atoms with Crippen molar-refractivity contribution in [2.75, 3.05) is 11.1 Å². The lowest BCUT2D eigenvalue weighted by Gasteiger charge is -2.03. The van der Waals surface area contributed by atoms with Crippen LogP contribution in [0, 0.1) is 0 Å². The molecule has 0 radical (unpaired) electrons. The monoisotopic (exact) mass is 267 g/mol. The molecule has 0 saturated carbocycles. The zero-order chi connectivity index (χ0) is 10.7. The summed E-state index contributed by atoms with van der Waals surface area (Å²) in [6.45, 7) is 0.652. The maximum absolute atomic E-state index is 5.40. The predicted molar refractivity (Wildman–Crippen MR) is 62.3 cm³/mol. The summed E-state index contributed by atoms with van der Waals surface area (Å²) < 4.78 is 1.06. The summed E-state index contributed by atoms with van der Waals surface area (Å²) in [6, 6.07) is 7.96. The van der Waals surface area contributed by atoms with E-state index in [-0.39, 0.29) is 0 Å². The third-order valence-electron chi connectivity index (χ3n) is 1.90. The summed E-state index contributed by atoms with van der Waals surface area (Å²) in [5, 5.41) is 9.49. The molecule has 15 heavy (non-hydrogen) atoms. The van der Waals surface area contributed by atoms with Crippen LogP contribution in [0.3, 0.4) is 0 Å². The molecule has 0 saturated heterocycles. The number of halogens is 1. The number of nitrogen functional groups attached to an aromatic ring is 1. The van der Waals surface area contributed by atoms with Gasteiger partial charge in [0, 0.05) is 11.0 Å². The van der Waals surface area contributed by atoms with Crippen molar-refractivity contribution in [2.24, 2.45) is 0 Å². The van der Waals surface area contributed by atoms with Crippen LogP contribution in [0.1, 0.15) is 5.56 Å². The normalized spacial score (nSPS) is 10.2. The Morgan fingerprint density at radius 2 is 2.20 bits per heavy atom. The fourth-order valence-electron chi connectivity index (χ4n) is 1.17. The van der Waals surface area contributed by atoms with Gasteiger partial charge in [0.25, 0.3) is 0 Å². The first kappa shape index (κ1) is 9.97. The molecule has 0 bridgehead atoms. The number of aromatic amines is 1. The number of nitrogens with two attached hydrogens (primary N) is 1. The minimum absolute atomic E-state index is 0.310. The Balaban J connectivity index is 2.02. The summed E-state index contributed by atoms with van der Waals surface area (Å²) >= 11 is 3.46. The number of hydrogen-bond acceptors (Lipinski definition) is 4. The lowest BCUT2D eigenvalue weighted by atomic mass is 10.2. The van der Waals surface area contributed by atoms with Gasteiger partial charge in [0.1, 0.15) is 0 Å². The average Bonchev–Trinajstić information content (AvgIpc) is 2.63. The second-order valence-corrected chi connectivity index (χ2v) is 3.84. The van der Waals surface area contributed by atoms with E-state index in [0.717, 1.165) is 10.0 Å². The van der Waals surface area contributed by atoms with Crippen molar-refractivity contribution in [3.05, 3.63) is 34.3 Å². The number of aromatic nitrogens is 3. The van der Waals surface area contributed by atoms with Crippen LogP contribution in [0.5, 0.6) is 0 Å². The van der Waals surface area contributed by atoms with Crippen molar-refractivity contribution in [2.45, 2.75) is 6.54 Å². The molecule has 0 unspecified atom stereocenters. The molecule has 0 atom stereocenters. The molecule has 6 heteroatoms. The van der Waals surface area contributed by atoms with Gasteiger partial charge in [-0.05, 0) is 11.6 Å². The van der Waals surface area contributed by atoms with Crippen LogP contribution in [0.15, 0.2) is 28.7 Å². The number of nitrogens with one attached hydrogen (secondary N) is 2. The number of H-pyrrole nitrogens is 1. The quantitative estimate of drug-likeness (QED) is 0.792. The second-order valence-electron chi connectivity index (χ2n) is 2.99. The van der Waals surface area contributed by atoms with E-state index < -0.39 is 0 Å². The number of benzene rings is 1. The summed E-state index contributed by atoms with van der Waals surface area (Å²) in [7, 11) is 0. The molecule has 2 aromatic rings. The lowest BCUT2D eigenvalue weighted by Crippen LogP contribution is -2.01. The van der Waals surface area contributed by atoms with E-state index in [1.54, 1.807) is 0 Å². The standard InChI is InChI=1S/C9H10BrN5/c10-7-4-2-1-3-6(7)5-12-9-13-8(11)14-15-9/h1-4H,5H2,(H4,11,12,13,14,15). The molecule has 2 rings (SSSR count). The molecule has 5 nitrogen and oxygen atoms in total. The highest BCUT2D eigenvalue weighted by Crippen LogP contribution is 2.16. The van der Waals surface area contributed by atoms with E-state index in [2.05, 4.69) is 36.4 Å². The minimum atomic E-state index is 0.310. The number of anilines is 2. The summed E-state index contributed by atoms with van der Waals surface area (Å²) in [5.41, 5.74) is 6.54. The second kappa shape index (κ2) is 4.31. The molecule has 0 aliphatic heterocycles. The first-order valence-corrected chi connectivity index (χ1v) is 5.20. The Bertz CT molecular complexity index is 453. The smallest absolute Gasteiger partial charge is 0.243 e. The highest BCUT2D eigenvalue weighted by Gasteiger charge is 2.01. The van der Waals surface area contributed by atoms with Gasteiger partial charge in [0.15, 0.2) is 0 Å². The Labute approximate surface area is 95.2 Å². The van der Waals surface area contributed by atoms with Gasteiger partial charge in [-0.2, -0.15) is 4.98 Å². The van der Waals surface area contributed by atoms with Gasteiger partial charge in [0.2, 0.25) is 11.9 Å². The molecule has 1 aromatic carbocycles. The third-order valence-corrected chi connectivity index (χ3v) is 2.67. The van der Waals surface area contributed by atoms with Crippen molar-refractivity contribution in [3.8, 4) is 0 Å². The molecule has 1 heterocycles. The van der Waals surface area contributed by atoms with Crippen molar-refractivity contribution in [1.82, 2.24) is 15.2 Å². The molecule has 0 spiro atoms. The van der Waals surface area contributed by atoms with Crippen LogP contribution in [-0.2, 0) is 6.54 Å². The van der Waals surface area contributed by atoms with Crippen molar-refractivity contribution >= 4 is 27.8 Å². The van der Waals surface area contributed by atoms with Gasteiger partial charge in [-0.15, -0.1) is 5.10 Å². The molecule has 1 aromatic heterocycles. The van der Waals surface area contributed by atoms with Crippen molar-refractivity contribution < 1.29 is 0 Å². The van der Waals surface area contributed by atoms with Gasteiger partial charge in [-0.25, -0.2) is 5.10 Å². The molecular weight excluding hydrogens is 258 g/mol. The third kappa shape index (κ3) is 2.47. The van der Waals surface area contributed by atoms with E-state index in [1.807, 2.05) is 24.3 Å².